The standard InChI is InChI=1S/C17H28N/c1-5-16(14-15-12-10-9-11-13-15)17(6-2)18(7-3)8-4/h9-13,16H,5-8,14H2,1-4H3/q+1. The summed E-state index contributed by atoms with van der Waals surface area (Å²) >= 11 is 0. The van der Waals surface area contributed by atoms with Crippen molar-refractivity contribution in [3.05, 3.63) is 35.9 Å². The van der Waals surface area contributed by atoms with Crippen LogP contribution in [0.2, 0.25) is 0 Å². The molecule has 1 rings (SSSR count). The summed E-state index contributed by atoms with van der Waals surface area (Å²) in [5.74, 6) is 0.692. The van der Waals surface area contributed by atoms with Gasteiger partial charge in [-0.3, -0.25) is 0 Å². The number of hydrogen-bond donors (Lipinski definition) is 0. The summed E-state index contributed by atoms with van der Waals surface area (Å²) in [5.41, 5.74) is 3.09. The van der Waals surface area contributed by atoms with Crippen molar-refractivity contribution >= 4 is 5.71 Å². The normalized spacial score (nSPS) is 12.2. The number of hydrogen-bond acceptors (Lipinski definition) is 0. The van der Waals surface area contributed by atoms with Crippen LogP contribution < -0.4 is 0 Å². The van der Waals surface area contributed by atoms with Crippen LogP contribution in [0.25, 0.3) is 0 Å². The molecule has 0 heterocycles. The van der Waals surface area contributed by atoms with Crippen LogP contribution in [0, 0.1) is 5.92 Å². The Morgan fingerprint density at radius 2 is 1.61 bits per heavy atom. The second kappa shape index (κ2) is 8.07. The molecule has 0 bridgehead atoms. The monoisotopic (exact) mass is 246 g/mol. The van der Waals surface area contributed by atoms with Gasteiger partial charge in [-0.25, -0.2) is 4.58 Å². The lowest BCUT2D eigenvalue weighted by Gasteiger charge is -2.16. The van der Waals surface area contributed by atoms with E-state index in [2.05, 4.69) is 62.6 Å². The third-order valence-corrected chi connectivity index (χ3v) is 3.82. The zero-order valence-corrected chi connectivity index (χ0v) is 12.4. The fourth-order valence-electron chi connectivity index (χ4n) is 2.80. The average molecular weight is 246 g/mol. The van der Waals surface area contributed by atoms with Crippen molar-refractivity contribution in [2.75, 3.05) is 13.1 Å². The van der Waals surface area contributed by atoms with Crippen molar-refractivity contribution in [1.82, 2.24) is 0 Å². The summed E-state index contributed by atoms with van der Waals surface area (Å²) in [6.07, 6.45) is 3.58. The van der Waals surface area contributed by atoms with Crippen molar-refractivity contribution in [1.29, 1.82) is 0 Å². The molecule has 0 spiro atoms. The SMILES string of the molecule is CCC(C(CC)Cc1ccccc1)=[N+](CC)CC. The predicted octanol–water partition coefficient (Wildman–Crippen LogP) is 4.16. The van der Waals surface area contributed by atoms with E-state index in [4.69, 9.17) is 0 Å². The van der Waals surface area contributed by atoms with Gasteiger partial charge in [-0.2, -0.15) is 0 Å². The smallest absolute Gasteiger partial charge is 0.155 e. The molecule has 0 radical (unpaired) electrons. The largest absolute Gasteiger partial charge is 0.237 e. The maximum Gasteiger partial charge on any atom is 0.155 e. The fraction of sp³-hybridized carbons (Fsp3) is 0.588. The van der Waals surface area contributed by atoms with E-state index in [1.165, 1.54) is 24.8 Å². The molecule has 0 amide bonds. The topological polar surface area (TPSA) is 3.01 Å². The van der Waals surface area contributed by atoms with Gasteiger partial charge in [-0.05, 0) is 32.3 Å². The van der Waals surface area contributed by atoms with Gasteiger partial charge in [0.1, 0.15) is 13.1 Å². The van der Waals surface area contributed by atoms with Crippen LogP contribution in [0.15, 0.2) is 30.3 Å². The summed E-state index contributed by atoms with van der Waals surface area (Å²) in [5, 5.41) is 0. The van der Waals surface area contributed by atoms with E-state index in [0.29, 0.717) is 5.92 Å². The minimum Gasteiger partial charge on any atom is -0.237 e. The number of nitrogens with zero attached hydrogens (tertiary/aromatic N) is 1. The summed E-state index contributed by atoms with van der Waals surface area (Å²) in [7, 11) is 0. The molecule has 0 N–H and O–H groups in total. The Labute approximate surface area is 113 Å². The van der Waals surface area contributed by atoms with Gasteiger partial charge in [-0.1, -0.05) is 44.2 Å². The molecule has 0 aliphatic rings. The van der Waals surface area contributed by atoms with E-state index in [0.717, 1.165) is 13.1 Å². The van der Waals surface area contributed by atoms with E-state index >= 15 is 0 Å². The second-order valence-corrected chi connectivity index (χ2v) is 4.81. The van der Waals surface area contributed by atoms with Gasteiger partial charge in [-0.15, -0.1) is 0 Å². The Morgan fingerprint density at radius 1 is 1.00 bits per heavy atom. The molecule has 0 aliphatic heterocycles. The molecule has 0 aliphatic carbocycles. The van der Waals surface area contributed by atoms with Crippen LogP contribution in [0.3, 0.4) is 0 Å². The van der Waals surface area contributed by atoms with E-state index in [1.807, 2.05) is 0 Å². The quantitative estimate of drug-likeness (QED) is 0.502. The van der Waals surface area contributed by atoms with Crippen LogP contribution in [0.5, 0.6) is 0 Å². The first kappa shape index (κ1) is 14.9. The summed E-state index contributed by atoms with van der Waals surface area (Å²) in [6.45, 7) is 11.4. The molecule has 1 nitrogen and oxygen atoms in total. The lowest BCUT2D eigenvalue weighted by molar-refractivity contribution is -0.524. The Bertz CT molecular complexity index is 358. The molecule has 100 valence electrons. The lowest BCUT2D eigenvalue weighted by Crippen LogP contribution is -2.28. The Morgan fingerprint density at radius 3 is 2.06 bits per heavy atom. The molecular weight excluding hydrogens is 218 g/mol. The highest BCUT2D eigenvalue weighted by Gasteiger charge is 2.21. The molecule has 1 unspecified atom stereocenters. The van der Waals surface area contributed by atoms with Gasteiger partial charge in [0.25, 0.3) is 0 Å². The molecule has 0 fully saturated rings. The molecule has 0 aromatic heterocycles. The van der Waals surface area contributed by atoms with Gasteiger partial charge in [0.2, 0.25) is 0 Å². The van der Waals surface area contributed by atoms with Crippen LogP contribution in [-0.2, 0) is 6.42 Å². The van der Waals surface area contributed by atoms with E-state index < -0.39 is 0 Å². The zero-order chi connectivity index (χ0) is 13.4. The molecule has 1 heteroatoms. The molecule has 1 atom stereocenters. The van der Waals surface area contributed by atoms with Crippen molar-refractivity contribution in [2.45, 2.75) is 47.0 Å². The van der Waals surface area contributed by atoms with Crippen molar-refractivity contribution in [2.24, 2.45) is 5.92 Å². The van der Waals surface area contributed by atoms with Gasteiger partial charge in [0.05, 0.1) is 0 Å². The molecule has 1 aromatic rings. The van der Waals surface area contributed by atoms with Gasteiger partial charge < -0.3 is 0 Å². The average Bonchev–Trinajstić information content (AvgIpc) is 2.43. The Hall–Kier alpha value is -1.11. The summed E-state index contributed by atoms with van der Waals surface area (Å²) in [4.78, 5) is 0. The molecule has 18 heavy (non-hydrogen) atoms. The van der Waals surface area contributed by atoms with Crippen molar-refractivity contribution < 1.29 is 4.58 Å². The van der Waals surface area contributed by atoms with Crippen LogP contribution in [0.1, 0.15) is 46.1 Å². The molecule has 1 aromatic carbocycles. The first-order valence-electron chi connectivity index (χ1n) is 7.41. The van der Waals surface area contributed by atoms with Gasteiger partial charge in [0.15, 0.2) is 5.71 Å². The minimum atomic E-state index is 0.692. The third kappa shape index (κ3) is 3.97. The first-order valence-corrected chi connectivity index (χ1v) is 7.41. The van der Waals surface area contributed by atoms with Crippen LogP contribution in [0.4, 0.5) is 0 Å². The van der Waals surface area contributed by atoms with E-state index in [-0.39, 0.29) is 0 Å². The number of rotatable bonds is 7. The highest BCUT2D eigenvalue weighted by molar-refractivity contribution is 5.82. The van der Waals surface area contributed by atoms with Crippen LogP contribution in [-0.4, -0.2) is 23.4 Å². The van der Waals surface area contributed by atoms with Crippen molar-refractivity contribution in [3.63, 3.8) is 0 Å². The summed E-state index contributed by atoms with van der Waals surface area (Å²) < 4.78 is 2.54. The number of benzene rings is 1. The highest BCUT2D eigenvalue weighted by atomic mass is 15.0. The van der Waals surface area contributed by atoms with Gasteiger partial charge in [0, 0.05) is 12.3 Å². The maximum absolute atomic E-state index is 2.54. The van der Waals surface area contributed by atoms with Gasteiger partial charge >= 0.3 is 0 Å². The first-order chi connectivity index (χ1) is 8.76. The minimum absolute atomic E-state index is 0.692. The van der Waals surface area contributed by atoms with Crippen molar-refractivity contribution in [3.8, 4) is 0 Å². The van der Waals surface area contributed by atoms with E-state index in [9.17, 15) is 0 Å². The zero-order valence-electron chi connectivity index (χ0n) is 12.4. The summed E-state index contributed by atoms with van der Waals surface area (Å²) in [6, 6.07) is 10.9. The predicted molar refractivity (Wildman–Crippen MR) is 80.6 cm³/mol. The molecular formula is C17H28N+. The highest BCUT2D eigenvalue weighted by Crippen LogP contribution is 2.16. The Kier molecular flexibility index (Phi) is 6.70. The Balaban J connectivity index is 2.91. The second-order valence-electron chi connectivity index (χ2n) is 4.81. The fourth-order valence-corrected chi connectivity index (χ4v) is 2.80. The molecule has 0 saturated heterocycles. The molecule has 0 saturated carbocycles. The van der Waals surface area contributed by atoms with E-state index in [1.54, 1.807) is 5.71 Å². The third-order valence-electron chi connectivity index (χ3n) is 3.82. The van der Waals surface area contributed by atoms with Crippen LogP contribution >= 0.6 is 0 Å². The lowest BCUT2D eigenvalue weighted by atomic mass is 9.90. The maximum atomic E-state index is 2.54.